The quantitative estimate of drug-likeness (QED) is 0.706. The Balaban J connectivity index is 1.40. The molecule has 160 valence electrons. The van der Waals surface area contributed by atoms with Crippen molar-refractivity contribution in [1.29, 1.82) is 0 Å². The molecule has 2 fully saturated rings. The molecule has 2 amide bonds. The van der Waals surface area contributed by atoms with Gasteiger partial charge in [0.1, 0.15) is 0 Å². The second-order valence-electron chi connectivity index (χ2n) is 7.86. The molecule has 7 heteroatoms. The minimum atomic E-state index is 0.0705. The predicted octanol–water partition coefficient (Wildman–Crippen LogP) is 1.12. The number of piperazine rings is 1. The predicted molar refractivity (Wildman–Crippen MR) is 113 cm³/mol. The first-order valence-corrected chi connectivity index (χ1v) is 10.8. The molecule has 0 aliphatic carbocycles. The van der Waals surface area contributed by atoms with Gasteiger partial charge >= 0.3 is 0 Å². The highest BCUT2D eigenvalue weighted by molar-refractivity contribution is 5.79. The highest BCUT2D eigenvalue weighted by Crippen LogP contribution is 2.18. The molecule has 2 heterocycles. The van der Waals surface area contributed by atoms with E-state index < -0.39 is 0 Å². The SMILES string of the molecule is CCCC(NC(=O)CN1CCN(CC(=O)N2CCOCC2)CC1)c1ccccc1. The molecular weight excluding hydrogens is 368 g/mol. The van der Waals surface area contributed by atoms with Crippen LogP contribution in [0, 0.1) is 0 Å². The lowest BCUT2D eigenvalue weighted by molar-refractivity contribution is -0.137. The highest BCUT2D eigenvalue weighted by Gasteiger charge is 2.24. The summed E-state index contributed by atoms with van der Waals surface area (Å²) in [4.78, 5) is 31.3. The van der Waals surface area contributed by atoms with Gasteiger partial charge in [0.05, 0.1) is 32.3 Å². The first kappa shape index (κ1) is 21.7. The van der Waals surface area contributed by atoms with Gasteiger partial charge in [0, 0.05) is 39.3 Å². The van der Waals surface area contributed by atoms with Crippen molar-refractivity contribution >= 4 is 11.8 Å². The van der Waals surface area contributed by atoms with Crippen LogP contribution in [0.2, 0.25) is 0 Å². The molecule has 0 aromatic heterocycles. The van der Waals surface area contributed by atoms with Crippen LogP contribution in [0.1, 0.15) is 31.4 Å². The summed E-state index contributed by atoms with van der Waals surface area (Å²) in [6.45, 7) is 8.94. The van der Waals surface area contributed by atoms with Gasteiger partial charge in [-0.2, -0.15) is 0 Å². The fraction of sp³-hybridized carbons (Fsp3) is 0.636. The van der Waals surface area contributed by atoms with E-state index in [1.807, 2.05) is 23.1 Å². The molecule has 2 aliphatic rings. The highest BCUT2D eigenvalue weighted by atomic mass is 16.5. The van der Waals surface area contributed by atoms with Gasteiger partial charge in [0.15, 0.2) is 0 Å². The van der Waals surface area contributed by atoms with E-state index in [-0.39, 0.29) is 17.9 Å². The zero-order chi connectivity index (χ0) is 20.5. The second-order valence-corrected chi connectivity index (χ2v) is 7.86. The van der Waals surface area contributed by atoms with E-state index in [4.69, 9.17) is 4.74 Å². The lowest BCUT2D eigenvalue weighted by Crippen LogP contribution is -2.53. The minimum absolute atomic E-state index is 0.0705. The van der Waals surface area contributed by atoms with Gasteiger partial charge in [-0.05, 0) is 12.0 Å². The van der Waals surface area contributed by atoms with Crippen LogP contribution in [0.3, 0.4) is 0 Å². The maximum absolute atomic E-state index is 12.6. The normalized spacial score (nSPS) is 19.7. The van der Waals surface area contributed by atoms with E-state index >= 15 is 0 Å². The number of hydrogen-bond acceptors (Lipinski definition) is 5. The van der Waals surface area contributed by atoms with Crippen molar-refractivity contribution in [1.82, 2.24) is 20.0 Å². The molecule has 3 rings (SSSR count). The molecule has 1 unspecified atom stereocenters. The average Bonchev–Trinajstić information content (AvgIpc) is 2.76. The summed E-state index contributed by atoms with van der Waals surface area (Å²) in [5.41, 5.74) is 1.16. The van der Waals surface area contributed by atoms with Crippen LogP contribution in [-0.4, -0.2) is 92.1 Å². The number of amides is 2. The number of carbonyl (C=O) groups is 2. The van der Waals surface area contributed by atoms with Crippen molar-refractivity contribution < 1.29 is 14.3 Å². The molecule has 2 saturated heterocycles. The minimum Gasteiger partial charge on any atom is -0.378 e. The number of morpholine rings is 1. The van der Waals surface area contributed by atoms with E-state index in [1.165, 1.54) is 0 Å². The molecule has 0 spiro atoms. The van der Waals surface area contributed by atoms with Gasteiger partial charge in [-0.15, -0.1) is 0 Å². The van der Waals surface area contributed by atoms with Crippen LogP contribution in [0.4, 0.5) is 0 Å². The Hall–Kier alpha value is -1.96. The first-order chi connectivity index (χ1) is 14.2. The van der Waals surface area contributed by atoms with E-state index in [1.54, 1.807) is 0 Å². The third-order valence-electron chi connectivity index (χ3n) is 5.67. The van der Waals surface area contributed by atoms with Crippen LogP contribution in [0.5, 0.6) is 0 Å². The van der Waals surface area contributed by atoms with Gasteiger partial charge < -0.3 is 15.0 Å². The van der Waals surface area contributed by atoms with Gasteiger partial charge in [-0.3, -0.25) is 19.4 Å². The van der Waals surface area contributed by atoms with E-state index in [0.717, 1.165) is 44.6 Å². The van der Waals surface area contributed by atoms with Crippen LogP contribution < -0.4 is 5.32 Å². The molecule has 1 aromatic rings. The molecule has 1 atom stereocenters. The van der Waals surface area contributed by atoms with E-state index in [2.05, 4.69) is 34.2 Å². The maximum atomic E-state index is 12.6. The van der Waals surface area contributed by atoms with Crippen LogP contribution in [-0.2, 0) is 14.3 Å². The third kappa shape index (κ3) is 6.80. The molecule has 1 N–H and O–H groups in total. The van der Waals surface area contributed by atoms with Crippen LogP contribution in [0.15, 0.2) is 30.3 Å². The van der Waals surface area contributed by atoms with Crippen molar-refractivity contribution in [3.8, 4) is 0 Å². The lowest BCUT2D eigenvalue weighted by atomic mass is 10.0. The number of carbonyl (C=O) groups excluding carboxylic acids is 2. The van der Waals surface area contributed by atoms with Gasteiger partial charge in [0.25, 0.3) is 0 Å². The Morgan fingerprint density at radius 2 is 1.59 bits per heavy atom. The Bertz CT molecular complexity index is 641. The molecule has 0 bridgehead atoms. The summed E-state index contributed by atoms with van der Waals surface area (Å²) in [6, 6.07) is 10.2. The summed E-state index contributed by atoms with van der Waals surface area (Å²) < 4.78 is 5.31. The largest absolute Gasteiger partial charge is 0.378 e. The lowest BCUT2D eigenvalue weighted by Gasteiger charge is -2.35. The molecule has 0 radical (unpaired) electrons. The number of ether oxygens (including phenoxy) is 1. The number of rotatable bonds is 8. The number of hydrogen-bond donors (Lipinski definition) is 1. The number of nitrogens with one attached hydrogen (secondary N) is 1. The Labute approximate surface area is 174 Å². The zero-order valence-corrected chi connectivity index (χ0v) is 17.5. The Morgan fingerprint density at radius 1 is 0.966 bits per heavy atom. The fourth-order valence-electron chi connectivity index (χ4n) is 3.95. The summed E-state index contributed by atoms with van der Waals surface area (Å²) >= 11 is 0. The van der Waals surface area contributed by atoms with Crippen molar-refractivity contribution in [2.75, 3.05) is 65.6 Å². The van der Waals surface area contributed by atoms with E-state index in [0.29, 0.717) is 39.4 Å². The van der Waals surface area contributed by atoms with Gasteiger partial charge in [-0.1, -0.05) is 43.7 Å². The molecule has 2 aliphatic heterocycles. The summed E-state index contributed by atoms with van der Waals surface area (Å²) in [5, 5.41) is 3.20. The number of benzene rings is 1. The first-order valence-electron chi connectivity index (χ1n) is 10.8. The van der Waals surface area contributed by atoms with Crippen LogP contribution >= 0.6 is 0 Å². The monoisotopic (exact) mass is 402 g/mol. The molecule has 1 aromatic carbocycles. The molecular formula is C22H34N4O3. The third-order valence-corrected chi connectivity index (χ3v) is 5.67. The smallest absolute Gasteiger partial charge is 0.236 e. The average molecular weight is 403 g/mol. The standard InChI is InChI=1S/C22H34N4O3/c1-2-6-20(19-7-4-3-5-8-19)23-21(27)17-24-9-11-25(12-10-24)18-22(28)26-13-15-29-16-14-26/h3-5,7-8,20H,2,6,9-18H2,1H3,(H,23,27). The van der Waals surface area contributed by atoms with Crippen LogP contribution in [0.25, 0.3) is 0 Å². The molecule has 29 heavy (non-hydrogen) atoms. The summed E-state index contributed by atoms with van der Waals surface area (Å²) in [6.07, 6.45) is 1.96. The molecule has 7 nitrogen and oxygen atoms in total. The maximum Gasteiger partial charge on any atom is 0.236 e. The Morgan fingerprint density at radius 3 is 2.21 bits per heavy atom. The summed E-state index contributed by atoms with van der Waals surface area (Å²) in [5.74, 6) is 0.259. The van der Waals surface area contributed by atoms with Gasteiger partial charge in [0.2, 0.25) is 11.8 Å². The fourth-order valence-corrected chi connectivity index (χ4v) is 3.95. The Kier molecular flexibility index (Phi) is 8.46. The van der Waals surface area contributed by atoms with Crippen molar-refractivity contribution in [2.45, 2.75) is 25.8 Å². The van der Waals surface area contributed by atoms with E-state index in [9.17, 15) is 9.59 Å². The second kappa shape index (κ2) is 11.3. The van der Waals surface area contributed by atoms with Crippen molar-refractivity contribution in [2.24, 2.45) is 0 Å². The van der Waals surface area contributed by atoms with Crippen molar-refractivity contribution in [3.63, 3.8) is 0 Å². The molecule has 0 saturated carbocycles. The van der Waals surface area contributed by atoms with Crippen molar-refractivity contribution in [3.05, 3.63) is 35.9 Å². The van der Waals surface area contributed by atoms with Gasteiger partial charge in [-0.25, -0.2) is 0 Å². The topological polar surface area (TPSA) is 65.1 Å². The zero-order valence-electron chi connectivity index (χ0n) is 17.5. The number of nitrogens with zero attached hydrogens (tertiary/aromatic N) is 3. The summed E-state index contributed by atoms with van der Waals surface area (Å²) in [7, 11) is 0.